The number of hydrogen-bond acceptors (Lipinski definition) is 3. The number of phenolic OH excluding ortho intramolecular Hbond substituents is 1. The van der Waals surface area contributed by atoms with Crippen LogP contribution in [0.5, 0.6) is 5.75 Å². The standard InChI is InChI=1S/C23H24N2O2/c1-2-3-8-17-15-18(26)13-14-19(17)20-11-7-12-21(23(24)25-27)22(20)16-9-5-4-6-10-16/h4-7,9-15,26-27H,2-3,8H2,1H3,(H2,24,25). The van der Waals surface area contributed by atoms with Crippen LogP contribution in [-0.2, 0) is 6.42 Å². The first-order chi connectivity index (χ1) is 13.2. The van der Waals surface area contributed by atoms with Gasteiger partial charge in [0, 0.05) is 11.1 Å². The lowest BCUT2D eigenvalue weighted by molar-refractivity contribution is 0.318. The highest BCUT2D eigenvalue weighted by Gasteiger charge is 2.17. The summed E-state index contributed by atoms with van der Waals surface area (Å²) in [4.78, 5) is 0. The van der Waals surface area contributed by atoms with E-state index >= 15 is 0 Å². The lowest BCUT2D eigenvalue weighted by Gasteiger charge is -2.18. The van der Waals surface area contributed by atoms with Gasteiger partial charge in [0.15, 0.2) is 5.84 Å². The van der Waals surface area contributed by atoms with Crippen LogP contribution in [0.3, 0.4) is 0 Å². The Hall–Kier alpha value is -3.27. The third-order valence-corrected chi connectivity index (χ3v) is 4.69. The Labute approximate surface area is 159 Å². The zero-order valence-corrected chi connectivity index (χ0v) is 15.4. The number of benzene rings is 3. The number of oxime groups is 1. The molecule has 0 atom stereocenters. The zero-order valence-electron chi connectivity index (χ0n) is 15.4. The summed E-state index contributed by atoms with van der Waals surface area (Å²) in [5.74, 6) is 0.336. The van der Waals surface area contributed by atoms with Gasteiger partial charge in [0.1, 0.15) is 5.75 Å². The third kappa shape index (κ3) is 3.95. The van der Waals surface area contributed by atoms with E-state index in [0.29, 0.717) is 5.56 Å². The van der Waals surface area contributed by atoms with Crippen molar-refractivity contribution in [2.24, 2.45) is 10.9 Å². The van der Waals surface area contributed by atoms with Gasteiger partial charge in [-0.1, -0.05) is 73.1 Å². The van der Waals surface area contributed by atoms with Crippen LogP contribution in [0.4, 0.5) is 0 Å². The van der Waals surface area contributed by atoms with Crippen molar-refractivity contribution in [2.45, 2.75) is 26.2 Å². The van der Waals surface area contributed by atoms with Gasteiger partial charge in [-0.05, 0) is 47.2 Å². The van der Waals surface area contributed by atoms with Crippen molar-refractivity contribution in [2.75, 3.05) is 0 Å². The van der Waals surface area contributed by atoms with Crippen LogP contribution in [0.25, 0.3) is 22.3 Å². The highest BCUT2D eigenvalue weighted by molar-refractivity contribution is 6.06. The number of nitrogens with zero attached hydrogens (tertiary/aromatic N) is 1. The van der Waals surface area contributed by atoms with Crippen molar-refractivity contribution in [3.8, 4) is 28.0 Å². The number of amidine groups is 1. The van der Waals surface area contributed by atoms with Crippen molar-refractivity contribution in [1.29, 1.82) is 0 Å². The van der Waals surface area contributed by atoms with Crippen LogP contribution in [0.2, 0.25) is 0 Å². The van der Waals surface area contributed by atoms with Crippen molar-refractivity contribution in [3.05, 3.63) is 77.9 Å². The van der Waals surface area contributed by atoms with Gasteiger partial charge in [0.2, 0.25) is 0 Å². The molecule has 0 bridgehead atoms. The fourth-order valence-electron chi connectivity index (χ4n) is 3.38. The fraction of sp³-hybridized carbons (Fsp3) is 0.174. The summed E-state index contributed by atoms with van der Waals surface area (Å²) < 4.78 is 0. The SMILES string of the molecule is CCCCc1cc(O)ccc1-c1cccc(/C(N)=N/O)c1-c1ccccc1. The van der Waals surface area contributed by atoms with E-state index in [2.05, 4.69) is 12.1 Å². The van der Waals surface area contributed by atoms with Gasteiger partial charge in [-0.2, -0.15) is 0 Å². The Morgan fingerprint density at radius 2 is 1.74 bits per heavy atom. The Morgan fingerprint density at radius 3 is 2.44 bits per heavy atom. The van der Waals surface area contributed by atoms with E-state index in [9.17, 15) is 10.3 Å². The van der Waals surface area contributed by atoms with Gasteiger partial charge in [0.25, 0.3) is 0 Å². The number of unbranched alkanes of at least 4 members (excludes halogenated alkanes) is 1. The normalized spacial score (nSPS) is 11.5. The van der Waals surface area contributed by atoms with Gasteiger partial charge in [-0.15, -0.1) is 0 Å². The second-order valence-electron chi connectivity index (χ2n) is 6.52. The van der Waals surface area contributed by atoms with Crippen molar-refractivity contribution in [1.82, 2.24) is 0 Å². The predicted octanol–water partition coefficient (Wildman–Crippen LogP) is 5.16. The minimum atomic E-state index is 0.0737. The van der Waals surface area contributed by atoms with Crippen LogP contribution < -0.4 is 5.73 Å². The first-order valence-electron chi connectivity index (χ1n) is 9.14. The molecule has 0 spiro atoms. The van der Waals surface area contributed by atoms with E-state index < -0.39 is 0 Å². The molecule has 3 rings (SSSR count). The largest absolute Gasteiger partial charge is 0.508 e. The number of aromatic hydroxyl groups is 1. The average Bonchev–Trinajstić information content (AvgIpc) is 2.72. The molecular weight excluding hydrogens is 336 g/mol. The predicted molar refractivity (Wildman–Crippen MR) is 110 cm³/mol. The molecule has 0 unspecified atom stereocenters. The Balaban J connectivity index is 2.29. The molecule has 4 N–H and O–H groups in total. The molecule has 3 aromatic carbocycles. The average molecular weight is 360 g/mol. The molecule has 0 aliphatic rings. The molecular formula is C23H24N2O2. The summed E-state index contributed by atoms with van der Waals surface area (Å²) >= 11 is 0. The molecule has 3 aromatic rings. The van der Waals surface area contributed by atoms with E-state index in [0.717, 1.165) is 47.1 Å². The van der Waals surface area contributed by atoms with Crippen LogP contribution in [0, 0.1) is 0 Å². The van der Waals surface area contributed by atoms with Gasteiger partial charge in [-0.3, -0.25) is 0 Å². The van der Waals surface area contributed by atoms with E-state index in [1.54, 1.807) is 6.07 Å². The van der Waals surface area contributed by atoms with Gasteiger partial charge in [0.05, 0.1) is 0 Å². The molecule has 4 heteroatoms. The highest BCUT2D eigenvalue weighted by Crippen LogP contribution is 2.38. The van der Waals surface area contributed by atoms with E-state index in [4.69, 9.17) is 5.73 Å². The summed E-state index contributed by atoms with van der Waals surface area (Å²) in [7, 11) is 0. The summed E-state index contributed by atoms with van der Waals surface area (Å²) in [5.41, 5.74) is 11.7. The van der Waals surface area contributed by atoms with Gasteiger partial charge in [-0.25, -0.2) is 0 Å². The summed E-state index contributed by atoms with van der Waals surface area (Å²) in [6, 6.07) is 21.2. The number of phenols is 1. The molecule has 0 aromatic heterocycles. The van der Waals surface area contributed by atoms with E-state index in [1.807, 2.05) is 60.7 Å². The Bertz CT molecular complexity index is 950. The molecule has 0 heterocycles. The topological polar surface area (TPSA) is 78.8 Å². The van der Waals surface area contributed by atoms with Crippen molar-refractivity contribution < 1.29 is 10.3 Å². The molecule has 27 heavy (non-hydrogen) atoms. The maximum Gasteiger partial charge on any atom is 0.170 e. The molecule has 4 nitrogen and oxygen atoms in total. The molecule has 0 saturated heterocycles. The second kappa shape index (κ2) is 8.41. The number of rotatable bonds is 6. The molecule has 0 saturated carbocycles. The van der Waals surface area contributed by atoms with Gasteiger partial charge >= 0.3 is 0 Å². The molecule has 0 aliphatic carbocycles. The maximum absolute atomic E-state index is 9.98. The van der Waals surface area contributed by atoms with Crippen LogP contribution in [0.1, 0.15) is 30.9 Å². The highest BCUT2D eigenvalue weighted by atomic mass is 16.4. The lowest BCUT2D eigenvalue weighted by Crippen LogP contribution is -2.15. The van der Waals surface area contributed by atoms with E-state index in [-0.39, 0.29) is 11.6 Å². The quantitative estimate of drug-likeness (QED) is 0.246. The first kappa shape index (κ1) is 18.5. The number of nitrogens with two attached hydrogens (primary N) is 1. The fourth-order valence-corrected chi connectivity index (χ4v) is 3.38. The number of aryl methyl sites for hydroxylation is 1. The second-order valence-corrected chi connectivity index (χ2v) is 6.52. The summed E-state index contributed by atoms with van der Waals surface area (Å²) in [6.45, 7) is 2.15. The minimum absolute atomic E-state index is 0.0737. The summed E-state index contributed by atoms with van der Waals surface area (Å²) in [5, 5.41) is 22.5. The number of hydrogen-bond donors (Lipinski definition) is 3. The zero-order chi connectivity index (χ0) is 19.2. The monoisotopic (exact) mass is 360 g/mol. The summed E-state index contributed by atoms with van der Waals surface area (Å²) in [6.07, 6.45) is 2.99. The molecule has 0 fully saturated rings. The minimum Gasteiger partial charge on any atom is -0.508 e. The van der Waals surface area contributed by atoms with Crippen molar-refractivity contribution in [3.63, 3.8) is 0 Å². The molecule has 0 amide bonds. The van der Waals surface area contributed by atoms with Gasteiger partial charge < -0.3 is 16.0 Å². The lowest BCUT2D eigenvalue weighted by atomic mass is 9.87. The van der Waals surface area contributed by atoms with Crippen LogP contribution in [-0.4, -0.2) is 16.1 Å². The molecule has 138 valence electrons. The Kier molecular flexibility index (Phi) is 5.77. The third-order valence-electron chi connectivity index (χ3n) is 4.69. The molecule has 0 aliphatic heterocycles. The van der Waals surface area contributed by atoms with Crippen molar-refractivity contribution >= 4 is 5.84 Å². The van der Waals surface area contributed by atoms with Crippen LogP contribution in [0.15, 0.2) is 71.9 Å². The maximum atomic E-state index is 9.98. The smallest absolute Gasteiger partial charge is 0.170 e. The molecule has 0 radical (unpaired) electrons. The van der Waals surface area contributed by atoms with Crippen LogP contribution >= 0.6 is 0 Å². The van der Waals surface area contributed by atoms with E-state index in [1.165, 1.54) is 0 Å². The Morgan fingerprint density at radius 1 is 0.963 bits per heavy atom. The first-order valence-corrected chi connectivity index (χ1v) is 9.14.